The van der Waals surface area contributed by atoms with Gasteiger partial charge in [-0.05, 0) is 41.5 Å². The molecular weight excluding hydrogens is 325 g/mol. The minimum absolute atomic E-state index is 0.320. The molecule has 0 bridgehead atoms. The fourth-order valence-electron chi connectivity index (χ4n) is 1.98. The smallest absolute Gasteiger partial charge is 0.161 e. The Hall–Kier alpha value is -1.59. The maximum Gasteiger partial charge on any atom is 0.161 e. The first-order chi connectivity index (χ1) is 9.56. The fourth-order valence-corrected chi connectivity index (χ4v) is 2.47. The zero-order chi connectivity index (χ0) is 14.7. The van der Waals surface area contributed by atoms with Crippen molar-refractivity contribution >= 4 is 15.9 Å². The molecule has 2 N–H and O–H groups in total. The topological polar surface area (TPSA) is 44.5 Å². The van der Waals surface area contributed by atoms with E-state index in [0.717, 1.165) is 10.0 Å². The van der Waals surface area contributed by atoms with E-state index in [-0.39, 0.29) is 5.82 Å². The van der Waals surface area contributed by atoms with E-state index in [1.54, 1.807) is 32.4 Å². The third-order valence-corrected chi connectivity index (χ3v) is 3.78. The van der Waals surface area contributed by atoms with Crippen LogP contribution < -0.4 is 15.2 Å². The van der Waals surface area contributed by atoms with Crippen molar-refractivity contribution in [3.8, 4) is 11.5 Å². The van der Waals surface area contributed by atoms with Crippen LogP contribution in [-0.2, 0) is 0 Å². The third-order valence-electron chi connectivity index (χ3n) is 3.06. The van der Waals surface area contributed by atoms with Crippen molar-refractivity contribution < 1.29 is 13.9 Å². The monoisotopic (exact) mass is 339 g/mol. The summed E-state index contributed by atoms with van der Waals surface area (Å²) in [5.41, 5.74) is 7.70. The summed E-state index contributed by atoms with van der Waals surface area (Å²) in [6.45, 7) is 0. The standard InChI is InChI=1S/C15H15BrFNO2/c1-19-13-6-3-9(7-14(13)20-2)15(18)11-8-10(17)4-5-12(11)16/h3-8,15H,18H2,1-2H3. The van der Waals surface area contributed by atoms with Crippen molar-refractivity contribution in [3.05, 3.63) is 57.8 Å². The van der Waals surface area contributed by atoms with Crippen LogP contribution >= 0.6 is 15.9 Å². The Bertz CT molecular complexity index is 619. The quantitative estimate of drug-likeness (QED) is 0.924. The van der Waals surface area contributed by atoms with Gasteiger partial charge in [0.1, 0.15) is 5.82 Å². The zero-order valence-corrected chi connectivity index (χ0v) is 12.8. The van der Waals surface area contributed by atoms with Crippen LogP contribution in [0.25, 0.3) is 0 Å². The van der Waals surface area contributed by atoms with Gasteiger partial charge in [-0.2, -0.15) is 0 Å². The number of ether oxygens (including phenoxy) is 2. The molecule has 106 valence electrons. The highest BCUT2D eigenvalue weighted by atomic mass is 79.9. The van der Waals surface area contributed by atoms with Crippen LogP contribution in [0.4, 0.5) is 4.39 Å². The normalized spacial score (nSPS) is 12.1. The number of nitrogens with two attached hydrogens (primary N) is 1. The molecule has 1 unspecified atom stereocenters. The van der Waals surface area contributed by atoms with Crippen LogP contribution in [0.5, 0.6) is 11.5 Å². The molecule has 0 aromatic heterocycles. The molecule has 0 radical (unpaired) electrons. The van der Waals surface area contributed by atoms with Crippen LogP contribution in [0.1, 0.15) is 17.2 Å². The molecule has 2 aromatic rings. The maximum atomic E-state index is 13.4. The number of methoxy groups -OCH3 is 2. The Labute approximate surface area is 125 Å². The average molecular weight is 340 g/mol. The van der Waals surface area contributed by atoms with Gasteiger partial charge in [-0.25, -0.2) is 4.39 Å². The predicted molar refractivity (Wildman–Crippen MR) is 79.7 cm³/mol. The molecule has 0 aliphatic rings. The zero-order valence-electron chi connectivity index (χ0n) is 11.2. The second-order valence-electron chi connectivity index (χ2n) is 4.26. The summed E-state index contributed by atoms with van der Waals surface area (Å²) in [6.07, 6.45) is 0. The second-order valence-corrected chi connectivity index (χ2v) is 5.11. The molecular formula is C15H15BrFNO2. The van der Waals surface area contributed by atoms with Crippen molar-refractivity contribution in [2.75, 3.05) is 14.2 Å². The molecule has 20 heavy (non-hydrogen) atoms. The van der Waals surface area contributed by atoms with Gasteiger partial charge in [0.25, 0.3) is 0 Å². The lowest BCUT2D eigenvalue weighted by Crippen LogP contribution is -2.13. The van der Waals surface area contributed by atoms with Crippen molar-refractivity contribution in [1.82, 2.24) is 0 Å². The Morgan fingerprint density at radius 2 is 1.75 bits per heavy atom. The van der Waals surface area contributed by atoms with E-state index in [9.17, 15) is 4.39 Å². The summed E-state index contributed by atoms with van der Waals surface area (Å²) in [5.74, 6) is 0.897. The van der Waals surface area contributed by atoms with Crippen LogP contribution in [0, 0.1) is 5.82 Å². The van der Waals surface area contributed by atoms with Gasteiger partial charge in [0.15, 0.2) is 11.5 Å². The van der Waals surface area contributed by atoms with E-state index in [0.29, 0.717) is 17.1 Å². The predicted octanol–water partition coefficient (Wildman–Crippen LogP) is 3.65. The van der Waals surface area contributed by atoms with Gasteiger partial charge in [-0.1, -0.05) is 22.0 Å². The fraction of sp³-hybridized carbons (Fsp3) is 0.200. The summed E-state index contributed by atoms with van der Waals surface area (Å²) in [4.78, 5) is 0. The lowest BCUT2D eigenvalue weighted by atomic mass is 9.99. The molecule has 0 amide bonds. The molecule has 0 aliphatic heterocycles. The van der Waals surface area contributed by atoms with Crippen molar-refractivity contribution in [1.29, 1.82) is 0 Å². The lowest BCUT2D eigenvalue weighted by molar-refractivity contribution is 0.354. The molecule has 2 rings (SSSR count). The summed E-state index contributed by atoms with van der Waals surface area (Å²) >= 11 is 3.39. The molecule has 0 fully saturated rings. The first-order valence-corrected chi connectivity index (χ1v) is 6.78. The number of hydrogen-bond acceptors (Lipinski definition) is 3. The summed E-state index contributed by atoms with van der Waals surface area (Å²) in [5, 5.41) is 0. The molecule has 0 aliphatic carbocycles. The second kappa shape index (κ2) is 6.24. The van der Waals surface area contributed by atoms with Crippen molar-refractivity contribution in [2.45, 2.75) is 6.04 Å². The molecule has 3 nitrogen and oxygen atoms in total. The Kier molecular flexibility index (Phi) is 4.62. The van der Waals surface area contributed by atoms with E-state index in [2.05, 4.69) is 15.9 Å². The van der Waals surface area contributed by atoms with Gasteiger partial charge >= 0.3 is 0 Å². The van der Waals surface area contributed by atoms with Crippen LogP contribution in [0.2, 0.25) is 0 Å². The molecule has 0 heterocycles. The molecule has 1 atom stereocenters. The van der Waals surface area contributed by atoms with Crippen molar-refractivity contribution in [2.24, 2.45) is 5.73 Å². The number of hydrogen-bond donors (Lipinski definition) is 1. The molecule has 2 aromatic carbocycles. The molecule has 5 heteroatoms. The van der Waals surface area contributed by atoms with E-state index >= 15 is 0 Å². The van der Waals surface area contributed by atoms with Gasteiger partial charge in [-0.3, -0.25) is 0 Å². The van der Waals surface area contributed by atoms with Crippen LogP contribution in [0.15, 0.2) is 40.9 Å². The number of halogens is 2. The lowest BCUT2D eigenvalue weighted by Gasteiger charge is -2.16. The SMILES string of the molecule is COc1ccc(C(N)c2cc(F)ccc2Br)cc1OC. The van der Waals surface area contributed by atoms with Crippen LogP contribution in [-0.4, -0.2) is 14.2 Å². The highest BCUT2D eigenvalue weighted by Gasteiger charge is 2.15. The van der Waals surface area contributed by atoms with Gasteiger partial charge in [0, 0.05) is 4.47 Å². The Balaban J connectivity index is 2.42. The van der Waals surface area contributed by atoms with Gasteiger partial charge in [-0.15, -0.1) is 0 Å². The first-order valence-electron chi connectivity index (χ1n) is 5.99. The summed E-state index contributed by atoms with van der Waals surface area (Å²) < 4.78 is 24.6. The Morgan fingerprint density at radius 1 is 1.05 bits per heavy atom. The summed E-state index contributed by atoms with van der Waals surface area (Å²) in [6, 6.07) is 9.40. The molecule has 0 spiro atoms. The highest BCUT2D eigenvalue weighted by molar-refractivity contribution is 9.10. The molecule has 0 saturated carbocycles. The minimum atomic E-state index is -0.458. The maximum absolute atomic E-state index is 13.4. The Morgan fingerprint density at radius 3 is 2.40 bits per heavy atom. The highest BCUT2D eigenvalue weighted by Crippen LogP contribution is 2.33. The van der Waals surface area contributed by atoms with E-state index in [1.165, 1.54) is 12.1 Å². The largest absolute Gasteiger partial charge is 0.493 e. The van der Waals surface area contributed by atoms with Gasteiger partial charge < -0.3 is 15.2 Å². The molecule has 0 saturated heterocycles. The summed E-state index contributed by atoms with van der Waals surface area (Å²) in [7, 11) is 3.13. The van der Waals surface area contributed by atoms with Crippen LogP contribution in [0.3, 0.4) is 0 Å². The third kappa shape index (κ3) is 2.94. The van der Waals surface area contributed by atoms with E-state index < -0.39 is 6.04 Å². The minimum Gasteiger partial charge on any atom is -0.493 e. The van der Waals surface area contributed by atoms with Crippen molar-refractivity contribution in [3.63, 3.8) is 0 Å². The first kappa shape index (κ1) is 14.8. The number of rotatable bonds is 4. The van der Waals surface area contributed by atoms with E-state index in [1.807, 2.05) is 6.07 Å². The number of benzene rings is 2. The van der Waals surface area contributed by atoms with E-state index in [4.69, 9.17) is 15.2 Å². The average Bonchev–Trinajstić information content (AvgIpc) is 2.48. The van der Waals surface area contributed by atoms with Gasteiger partial charge in [0.2, 0.25) is 0 Å². The van der Waals surface area contributed by atoms with Gasteiger partial charge in [0.05, 0.1) is 20.3 Å².